The molecule has 0 aliphatic carbocycles. The first-order chi connectivity index (χ1) is 10.3. The van der Waals surface area contributed by atoms with E-state index in [0.717, 1.165) is 23.7 Å². The molecule has 0 fully saturated rings. The molecule has 114 valence electrons. The Bertz CT molecular complexity index is 509. The normalized spacial score (nSPS) is 12.5. The highest BCUT2D eigenvalue weighted by Crippen LogP contribution is 2.23. The Kier molecular flexibility index (Phi) is 7.28. The second kappa shape index (κ2) is 9.24. The van der Waals surface area contributed by atoms with E-state index in [0.29, 0.717) is 6.04 Å². The zero-order valence-electron chi connectivity index (χ0n) is 12.6. The van der Waals surface area contributed by atoms with E-state index in [1.807, 2.05) is 6.07 Å². The molecule has 0 aliphatic heterocycles. The molecular formula is C18H24ClNS. The van der Waals surface area contributed by atoms with Gasteiger partial charge in [0.25, 0.3) is 0 Å². The molecular weight excluding hydrogens is 298 g/mol. The smallest absolute Gasteiger partial charge is 0.0931 e. The van der Waals surface area contributed by atoms with Crippen molar-refractivity contribution in [2.24, 2.45) is 0 Å². The molecule has 0 radical (unpaired) electrons. The third kappa shape index (κ3) is 6.21. The maximum atomic E-state index is 6.03. The summed E-state index contributed by atoms with van der Waals surface area (Å²) >= 11 is 7.74. The van der Waals surface area contributed by atoms with Gasteiger partial charge in [-0.2, -0.15) is 0 Å². The van der Waals surface area contributed by atoms with Gasteiger partial charge in [-0.1, -0.05) is 48.9 Å². The minimum absolute atomic E-state index is 0.559. The van der Waals surface area contributed by atoms with Gasteiger partial charge in [0.1, 0.15) is 0 Å². The van der Waals surface area contributed by atoms with Gasteiger partial charge in [-0.15, -0.1) is 11.3 Å². The lowest BCUT2D eigenvalue weighted by Crippen LogP contribution is -2.31. The first kappa shape index (κ1) is 16.5. The number of halogens is 1. The Labute approximate surface area is 137 Å². The molecule has 1 aromatic carbocycles. The monoisotopic (exact) mass is 321 g/mol. The molecule has 1 aromatic heterocycles. The predicted octanol–water partition coefficient (Wildman–Crippen LogP) is 5.34. The van der Waals surface area contributed by atoms with Crippen LogP contribution in [0.1, 0.15) is 36.6 Å². The molecule has 0 bridgehead atoms. The Hall–Kier alpha value is -0.830. The topological polar surface area (TPSA) is 12.0 Å². The summed E-state index contributed by atoms with van der Waals surface area (Å²) in [5, 5.41) is 3.68. The van der Waals surface area contributed by atoms with Gasteiger partial charge in [0.05, 0.1) is 4.34 Å². The fraction of sp³-hybridized carbons (Fsp3) is 0.444. The average Bonchev–Trinajstić information content (AvgIpc) is 2.91. The Morgan fingerprint density at radius 2 is 1.95 bits per heavy atom. The minimum Gasteiger partial charge on any atom is -0.314 e. The lowest BCUT2D eigenvalue weighted by molar-refractivity contribution is 0.467. The van der Waals surface area contributed by atoms with Crippen molar-refractivity contribution in [3.8, 4) is 0 Å². The Morgan fingerprint density at radius 3 is 2.62 bits per heavy atom. The number of hydrogen-bond donors (Lipinski definition) is 1. The van der Waals surface area contributed by atoms with Crippen molar-refractivity contribution < 1.29 is 0 Å². The van der Waals surface area contributed by atoms with E-state index in [1.165, 1.54) is 29.7 Å². The Balaban J connectivity index is 1.81. The van der Waals surface area contributed by atoms with E-state index in [9.17, 15) is 0 Å². The summed E-state index contributed by atoms with van der Waals surface area (Å²) in [6.07, 6.45) is 5.87. The molecule has 0 aliphatic rings. The number of aryl methyl sites for hydroxylation is 1. The second-order valence-corrected chi connectivity index (χ2v) is 7.24. The number of rotatable bonds is 9. The second-order valence-electron chi connectivity index (χ2n) is 5.44. The van der Waals surface area contributed by atoms with Crippen LogP contribution in [0.25, 0.3) is 0 Å². The summed E-state index contributed by atoms with van der Waals surface area (Å²) in [5.74, 6) is 0. The highest BCUT2D eigenvalue weighted by molar-refractivity contribution is 7.16. The predicted molar refractivity (Wildman–Crippen MR) is 94.5 cm³/mol. The summed E-state index contributed by atoms with van der Waals surface area (Å²) in [7, 11) is 0. The molecule has 0 saturated carbocycles. The number of benzene rings is 1. The number of hydrogen-bond acceptors (Lipinski definition) is 2. The number of thiophene rings is 1. The summed E-state index contributed by atoms with van der Waals surface area (Å²) in [6.45, 7) is 3.31. The van der Waals surface area contributed by atoms with Crippen molar-refractivity contribution in [1.29, 1.82) is 0 Å². The van der Waals surface area contributed by atoms with Gasteiger partial charge in [-0.3, -0.25) is 0 Å². The van der Waals surface area contributed by atoms with Crippen LogP contribution in [0.5, 0.6) is 0 Å². The van der Waals surface area contributed by atoms with Crippen LogP contribution in [0.3, 0.4) is 0 Å². The largest absolute Gasteiger partial charge is 0.314 e. The summed E-state index contributed by atoms with van der Waals surface area (Å²) in [5.41, 5.74) is 1.44. The maximum Gasteiger partial charge on any atom is 0.0931 e. The van der Waals surface area contributed by atoms with E-state index in [1.54, 1.807) is 11.3 Å². The Morgan fingerprint density at radius 1 is 1.14 bits per heavy atom. The third-order valence-electron chi connectivity index (χ3n) is 3.62. The van der Waals surface area contributed by atoms with E-state index >= 15 is 0 Å². The third-order valence-corrected chi connectivity index (χ3v) is 4.87. The van der Waals surface area contributed by atoms with Gasteiger partial charge in [-0.05, 0) is 56.3 Å². The van der Waals surface area contributed by atoms with E-state index in [-0.39, 0.29) is 0 Å². The molecule has 3 heteroatoms. The van der Waals surface area contributed by atoms with Crippen LogP contribution in [-0.4, -0.2) is 12.6 Å². The van der Waals surface area contributed by atoms with Crippen LogP contribution >= 0.6 is 22.9 Å². The molecule has 1 heterocycles. The zero-order valence-corrected chi connectivity index (χ0v) is 14.2. The van der Waals surface area contributed by atoms with Crippen LogP contribution in [-0.2, 0) is 12.8 Å². The van der Waals surface area contributed by atoms with Gasteiger partial charge >= 0.3 is 0 Å². The molecule has 1 unspecified atom stereocenters. The molecule has 1 nitrogen and oxygen atoms in total. The average molecular weight is 322 g/mol. The van der Waals surface area contributed by atoms with Gasteiger partial charge in [-0.25, -0.2) is 0 Å². The van der Waals surface area contributed by atoms with Crippen LogP contribution in [0.2, 0.25) is 4.34 Å². The maximum absolute atomic E-state index is 6.03. The van der Waals surface area contributed by atoms with Crippen molar-refractivity contribution in [2.75, 3.05) is 6.54 Å². The summed E-state index contributed by atoms with van der Waals surface area (Å²) in [4.78, 5) is 1.38. The van der Waals surface area contributed by atoms with Crippen LogP contribution < -0.4 is 5.32 Å². The van der Waals surface area contributed by atoms with Crippen LogP contribution in [0, 0.1) is 0 Å². The summed E-state index contributed by atoms with van der Waals surface area (Å²) in [6, 6.07) is 15.5. The van der Waals surface area contributed by atoms with Gasteiger partial charge in [0, 0.05) is 10.9 Å². The lowest BCUT2D eigenvalue weighted by Gasteiger charge is -2.17. The van der Waals surface area contributed by atoms with E-state index in [2.05, 4.69) is 48.6 Å². The summed E-state index contributed by atoms with van der Waals surface area (Å²) < 4.78 is 0.892. The van der Waals surface area contributed by atoms with Crippen molar-refractivity contribution >= 4 is 22.9 Å². The highest BCUT2D eigenvalue weighted by atomic mass is 35.5. The fourth-order valence-electron chi connectivity index (χ4n) is 2.53. The molecule has 21 heavy (non-hydrogen) atoms. The molecule has 0 saturated heterocycles. The molecule has 2 aromatic rings. The number of nitrogens with one attached hydrogen (secondary N) is 1. The van der Waals surface area contributed by atoms with Crippen molar-refractivity contribution in [2.45, 2.75) is 45.1 Å². The first-order valence-corrected chi connectivity index (χ1v) is 8.99. The first-order valence-electron chi connectivity index (χ1n) is 7.79. The quantitative estimate of drug-likeness (QED) is 0.657. The van der Waals surface area contributed by atoms with Crippen molar-refractivity contribution in [1.82, 2.24) is 5.32 Å². The van der Waals surface area contributed by atoms with Crippen molar-refractivity contribution in [3.05, 3.63) is 57.2 Å². The van der Waals surface area contributed by atoms with E-state index in [4.69, 9.17) is 11.6 Å². The highest BCUT2D eigenvalue weighted by Gasteiger charge is 2.10. The SMILES string of the molecule is CCCNC(CCCc1ccccc1)Cc1ccc(Cl)s1. The molecule has 0 spiro atoms. The molecule has 0 amide bonds. The van der Waals surface area contributed by atoms with Gasteiger partial charge in [0.2, 0.25) is 0 Å². The van der Waals surface area contributed by atoms with Gasteiger partial charge in [0.15, 0.2) is 0 Å². The van der Waals surface area contributed by atoms with Crippen LogP contribution in [0.4, 0.5) is 0 Å². The fourth-order valence-corrected chi connectivity index (χ4v) is 3.69. The van der Waals surface area contributed by atoms with Gasteiger partial charge < -0.3 is 5.32 Å². The minimum atomic E-state index is 0.559. The molecule has 2 rings (SSSR count). The lowest BCUT2D eigenvalue weighted by atomic mass is 10.0. The van der Waals surface area contributed by atoms with E-state index < -0.39 is 0 Å². The standard InChI is InChI=1S/C18H24ClNS/c1-2-13-20-16(14-17-11-12-18(19)21-17)10-6-9-15-7-4-3-5-8-15/h3-5,7-8,11-12,16,20H,2,6,9-10,13-14H2,1H3. The molecule has 1 N–H and O–H groups in total. The van der Waals surface area contributed by atoms with Crippen molar-refractivity contribution in [3.63, 3.8) is 0 Å². The zero-order chi connectivity index (χ0) is 14.9. The van der Waals surface area contributed by atoms with Crippen LogP contribution in [0.15, 0.2) is 42.5 Å². The molecule has 1 atom stereocenters.